The highest BCUT2D eigenvalue weighted by Gasteiger charge is 2.21. The van der Waals surface area contributed by atoms with Crippen LogP contribution in [0.3, 0.4) is 0 Å². The van der Waals surface area contributed by atoms with Gasteiger partial charge in [0.2, 0.25) is 5.91 Å². The van der Waals surface area contributed by atoms with E-state index in [1.807, 2.05) is 0 Å². The van der Waals surface area contributed by atoms with Gasteiger partial charge in [0.1, 0.15) is 11.4 Å². The lowest BCUT2D eigenvalue weighted by Crippen LogP contribution is -2.23. The van der Waals surface area contributed by atoms with Crippen molar-refractivity contribution in [2.24, 2.45) is 0 Å². The monoisotopic (exact) mass is 400 g/mol. The van der Waals surface area contributed by atoms with Gasteiger partial charge in [-0.15, -0.1) is 0 Å². The minimum Gasteiger partial charge on any atom is -0.462 e. The number of carbonyl (C=O) groups is 3. The average Bonchev–Trinajstić information content (AvgIpc) is 3.12. The highest BCUT2D eigenvalue weighted by Crippen LogP contribution is 2.23. The number of rotatable bonds is 7. The number of amides is 1. The Morgan fingerprint density at radius 1 is 1.29 bits per heavy atom. The molecule has 1 aliphatic heterocycles. The zero-order valence-corrected chi connectivity index (χ0v) is 16.2. The second-order valence-electron chi connectivity index (χ2n) is 6.08. The van der Waals surface area contributed by atoms with E-state index in [0.717, 1.165) is 23.9 Å². The lowest BCUT2D eigenvalue weighted by molar-refractivity contribution is -0.117. The highest BCUT2D eigenvalue weighted by atomic mass is 32.2. The van der Waals surface area contributed by atoms with Gasteiger partial charge in [-0.1, -0.05) is 11.8 Å². The molecular formula is C19H20N4O4S. The van der Waals surface area contributed by atoms with Crippen LogP contribution < -0.4 is 10.6 Å². The molecule has 0 radical (unpaired) electrons. The zero-order valence-electron chi connectivity index (χ0n) is 15.4. The summed E-state index contributed by atoms with van der Waals surface area (Å²) in [4.78, 5) is 45.7. The number of esters is 1. The molecule has 0 spiro atoms. The van der Waals surface area contributed by atoms with Crippen LogP contribution in [-0.4, -0.2) is 46.5 Å². The second kappa shape index (κ2) is 8.83. The van der Waals surface area contributed by atoms with Crippen LogP contribution >= 0.6 is 11.8 Å². The van der Waals surface area contributed by atoms with E-state index < -0.39 is 5.97 Å². The van der Waals surface area contributed by atoms with Crippen molar-refractivity contribution in [3.05, 3.63) is 41.6 Å². The maximum Gasteiger partial charge on any atom is 0.343 e. The Kier molecular flexibility index (Phi) is 6.25. The number of benzene rings is 1. The molecule has 2 N–H and O–H groups in total. The number of nitrogen functional groups attached to an aromatic ring is 1. The minimum absolute atomic E-state index is 0.0167. The number of hydrogen-bond donors (Lipinski definition) is 1. The van der Waals surface area contributed by atoms with E-state index >= 15 is 0 Å². The van der Waals surface area contributed by atoms with E-state index in [0.29, 0.717) is 23.7 Å². The molecule has 2 aromatic rings. The van der Waals surface area contributed by atoms with E-state index in [-0.39, 0.29) is 35.4 Å². The fraction of sp³-hybridized carbons (Fsp3) is 0.316. The third-order valence-corrected chi connectivity index (χ3v) is 5.06. The molecular weight excluding hydrogens is 380 g/mol. The normalized spacial score (nSPS) is 13.6. The van der Waals surface area contributed by atoms with Gasteiger partial charge in [0, 0.05) is 30.4 Å². The number of hydrogen-bond acceptors (Lipinski definition) is 8. The molecule has 0 atom stereocenters. The first-order chi connectivity index (χ1) is 13.5. The molecule has 3 rings (SSSR count). The largest absolute Gasteiger partial charge is 0.462 e. The molecule has 1 aromatic heterocycles. The molecule has 1 aromatic carbocycles. The Morgan fingerprint density at radius 2 is 2.04 bits per heavy atom. The summed E-state index contributed by atoms with van der Waals surface area (Å²) < 4.78 is 4.87. The summed E-state index contributed by atoms with van der Waals surface area (Å²) >= 11 is 1.13. The molecule has 1 aliphatic rings. The predicted octanol–water partition coefficient (Wildman–Crippen LogP) is 2.34. The molecule has 0 saturated carbocycles. The Bertz CT molecular complexity index is 901. The molecule has 146 valence electrons. The summed E-state index contributed by atoms with van der Waals surface area (Å²) in [6, 6.07) is 6.99. The highest BCUT2D eigenvalue weighted by molar-refractivity contribution is 7.99. The summed E-state index contributed by atoms with van der Waals surface area (Å²) in [5, 5.41) is 0.304. The molecule has 8 nitrogen and oxygen atoms in total. The van der Waals surface area contributed by atoms with Crippen LogP contribution in [0, 0.1) is 0 Å². The van der Waals surface area contributed by atoms with Gasteiger partial charge in [-0.25, -0.2) is 14.8 Å². The zero-order chi connectivity index (χ0) is 20.1. The Labute approximate surface area is 166 Å². The SMILES string of the molecule is CCOC(=O)c1cnc(SCC(=O)c2ccc(N3CCCC3=O)cc2)nc1N. The third-order valence-electron chi connectivity index (χ3n) is 4.20. The molecule has 0 unspecified atom stereocenters. The molecule has 28 heavy (non-hydrogen) atoms. The lowest BCUT2D eigenvalue weighted by atomic mass is 10.1. The lowest BCUT2D eigenvalue weighted by Gasteiger charge is -2.15. The summed E-state index contributed by atoms with van der Waals surface area (Å²) in [6.07, 6.45) is 2.72. The van der Waals surface area contributed by atoms with E-state index in [2.05, 4.69) is 9.97 Å². The van der Waals surface area contributed by atoms with Crippen molar-refractivity contribution < 1.29 is 19.1 Å². The van der Waals surface area contributed by atoms with Crippen LogP contribution in [0.1, 0.15) is 40.5 Å². The smallest absolute Gasteiger partial charge is 0.343 e. The van der Waals surface area contributed by atoms with Gasteiger partial charge in [0.15, 0.2) is 10.9 Å². The molecule has 0 aliphatic carbocycles. The Hall–Kier alpha value is -2.94. The van der Waals surface area contributed by atoms with Crippen molar-refractivity contribution >= 4 is 40.9 Å². The van der Waals surface area contributed by atoms with Crippen LogP contribution in [-0.2, 0) is 9.53 Å². The number of nitrogens with zero attached hydrogens (tertiary/aromatic N) is 3. The van der Waals surface area contributed by atoms with Crippen molar-refractivity contribution in [3.8, 4) is 0 Å². The number of ether oxygens (including phenoxy) is 1. The van der Waals surface area contributed by atoms with Crippen LogP contribution in [0.15, 0.2) is 35.6 Å². The van der Waals surface area contributed by atoms with Crippen LogP contribution in [0.5, 0.6) is 0 Å². The number of ketones is 1. The van der Waals surface area contributed by atoms with E-state index in [4.69, 9.17) is 10.5 Å². The number of nitrogens with two attached hydrogens (primary N) is 1. The summed E-state index contributed by atoms with van der Waals surface area (Å²) in [5.41, 5.74) is 7.22. The van der Waals surface area contributed by atoms with Gasteiger partial charge in [0.05, 0.1) is 12.4 Å². The molecule has 2 heterocycles. The maximum absolute atomic E-state index is 12.4. The number of thioether (sulfide) groups is 1. The van der Waals surface area contributed by atoms with Crippen LogP contribution in [0.4, 0.5) is 11.5 Å². The summed E-state index contributed by atoms with van der Waals surface area (Å²) in [7, 11) is 0. The van der Waals surface area contributed by atoms with Gasteiger partial charge in [-0.05, 0) is 37.6 Å². The quantitative estimate of drug-likeness (QED) is 0.326. The van der Waals surface area contributed by atoms with E-state index in [1.165, 1.54) is 6.20 Å². The van der Waals surface area contributed by atoms with Crippen molar-refractivity contribution in [3.63, 3.8) is 0 Å². The van der Waals surface area contributed by atoms with Gasteiger partial charge >= 0.3 is 5.97 Å². The minimum atomic E-state index is -0.579. The van der Waals surface area contributed by atoms with Gasteiger partial charge in [-0.2, -0.15) is 0 Å². The number of Topliss-reactive ketones (excluding diaryl/α,β-unsaturated/α-hetero) is 1. The van der Waals surface area contributed by atoms with Crippen molar-refractivity contribution in [1.82, 2.24) is 9.97 Å². The second-order valence-corrected chi connectivity index (χ2v) is 7.02. The summed E-state index contributed by atoms with van der Waals surface area (Å²) in [6.45, 7) is 2.64. The van der Waals surface area contributed by atoms with E-state index in [1.54, 1.807) is 36.1 Å². The first-order valence-corrected chi connectivity index (χ1v) is 9.84. The Balaban J connectivity index is 1.60. The summed E-state index contributed by atoms with van der Waals surface area (Å²) in [5.74, 6) is -0.427. The fourth-order valence-corrected chi connectivity index (χ4v) is 3.49. The third kappa shape index (κ3) is 4.48. The molecule has 1 fully saturated rings. The molecule has 9 heteroatoms. The van der Waals surface area contributed by atoms with Crippen molar-refractivity contribution in [1.29, 1.82) is 0 Å². The maximum atomic E-state index is 12.4. The van der Waals surface area contributed by atoms with Crippen molar-refractivity contribution in [2.75, 3.05) is 29.5 Å². The first-order valence-electron chi connectivity index (χ1n) is 8.85. The van der Waals surface area contributed by atoms with Gasteiger partial charge in [-0.3, -0.25) is 9.59 Å². The molecule has 1 saturated heterocycles. The van der Waals surface area contributed by atoms with Crippen LogP contribution in [0.25, 0.3) is 0 Å². The van der Waals surface area contributed by atoms with E-state index in [9.17, 15) is 14.4 Å². The standard InChI is InChI=1S/C19H20N4O4S/c1-2-27-18(26)14-10-21-19(22-17(14)20)28-11-15(24)12-5-7-13(8-6-12)23-9-3-4-16(23)25/h5-8,10H,2-4,9,11H2,1H3,(H2,20,21,22). The number of carbonyl (C=O) groups excluding carboxylic acids is 3. The van der Waals surface area contributed by atoms with Crippen LogP contribution in [0.2, 0.25) is 0 Å². The van der Waals surface area contributed by atoms with Gasteiger partial charge in [0.25, 0.3) is 0 Å². The first kappa shape index (κ1) is 19.8. The number of aromatic nitrogens is 2. The molecule has 1 amide bonds. The van der Waals surface area contributed by atoms with Crippen molar-refractivity contribution in [2.45, 2.75) is 24.9 Å². The topological polar surface area (TPSA) is 115 Å². The molecule has 0 bridgehead atoms. The number of anilines is 2. The Morgan fingerprint density at radius 3 is 2.64 bits per heavy atom. The fourth-order valence-electron chi connectivity index (χ4n) is 2.78. The van der Waals surface area contributed by atoms with Gasteiger partial charge < -0.3 is 15.4 Å². The predicted molar refractivity (Wildman–Crippen MR) is 105 cm³/mol. The average molecular weight is 400 g/mol.